The van der Waals surface area contributed by atoms with Crippen molar-refractivity contribution in [1.82, 2.24) is 4.90 Å². The Morgan fingerprint density at radius 3 is 2.84 bits per heavy atom. The molecule has 4 heteroatoms. The van der Waals surface area contributed by atoms with Gasteiger partial charge in [-0.1, -0.05) is 18.2 Å². The molecular weight excluding hydrogens is 320 g/mol. The maximum Gasteiger partial charge on any atom is 0.0400 e. The van der Waals surface area contributed by atoms with E-state index in [2.05, 4.69) is 67.9 Å². The first kappa shape index (κ1) is 13.2. The Balaban J connectivity index is 1.54. The van der Waals surface area contributed by atoms with Gasteiger partial charge in [0.2, 0.25) is 0 Å². The summed E-state index contributed by atoms with van der Waals surface area (Å²) in [5.41, 5.74) is 1.23. The predicted molar refractivity (Wildman–Crippen MR) is 85.8 cm³/mol. The fraction of sp³-hybridized carbons (Fsp3) is 0.333. The molecule has 1 aliphatic rings. The van der Waals surface area contributed by atoms with Gasteiger partial charge in [0.25, 0.3) is 0 Å². The molecule has 0 spiro atoms. The highest BCUT2D eigenvalue weighted by Crippen LogP contribution is 2.26. The fourth-order valence-electron chi connectivity index (χ4n) is 2.51. The number of para-hydroxylation sites is 1. The standard InChI is InChI=1S/C15H17BrN2S/c16-14-7-9-19-15(14)11-18-8-6-13(10-18)17-12-4-2-1-3-5-12/h1-5,7,9,13,17H,6,8,10-11H2. The molecular formula is C15H17BrN2S. The summed E-state index contributed by atoms with van der Waals surface area (Å²) in [6, 6.07) is 13.2. The van der Waals surface area contributed by atoms with E-state index < -0.39 is 0 Å². The molecule has 100 valence electrons. The number of hydrogen-bond donors (Lipinski definition) is 1. The third-order valence-corrected chi connectivity index (χ3v) is 5.39. The zero-order chi connectivity index (χ0) is 13.1. The van der Waals surface area contributed by atoms with Crippen molar-refractivity contribution >= 4 is 33.0 Å². The summed E-state index contributed by atoms with van der Waals surface area (Å²) in [5.74, 6) is 0. The average Bonchev–Trinajstić information content (AvgIpc) is 3.02. The first-order valence-corrected chi connectivity index (χ1v) is 8.24. The summed E-state index contributed by atoms with van der Waals surface area (Å²) in [4.78, 5) is 3.96. The van der Waals surface area contributed by atoms with Crippen LogP contribution in [0, 0.1) is 0 Å². The van der Waals surface area contributed by atoms with E-state index in [4.69, 9.17) is 0 Å². The van der Waals surface area contributed by atoms with E-state index in [1.807, 2.05) is 11.3 Å². The van der Waals surface area contributed by atoms with Crippen LogP contribution in [0.3, 0.4) is 0 Å². The summed E-state index contributed by atoms with van der Waals surface area (Å²) >= 11 is 5.44. The van der Waals surface area contributed by atoms with Crippen LogP contribution in [-0.2, 0) is 6.54 Å². The number of hydrogen-bond acceptors (Lipinski definition) is 3. The average molecular weight is 337 g/mol. The lowest BCUT2D eigenvalue weighted by Crippen LogP contribution is -2.25. The summed E-state index contributed by atoms with van der Waals surface area (Å²) in [6.45, 7) is 3.36. The van der Waals surface area contributed by atoms with Gasteiger partial charge < -0.3 is 5.32 Å². The third kappa shape index (κ3) is 3.38. The summed E-state index contributed by atoms with van der Waals surface area (Å²) in [5, 5.41) is 5.76. The van der Waals surface area contributed by atoms with Crippen LogP contribution in [0.2, 0.25) is 0 Å². The molecule has 0 saturated carbocycles. The number of anilines is 1. The van der Waals surface area contributed by atoms with Crippen molar-refractivity contribution < 1.29 is 0 Å². The van der Waals surface area contributed by atoms with Crippen molar-refractivity contribution in [2.75, 3.05) is 18.4 Å². The van der Waals surface area contributed by atoms with E-state index in [0.29, 0.717) is 6.04 Å². The monoisotopic (exact) mass is 336 g/mol. The lowest BCUT2D eigenvalue weighted by Gasteiger charge is -2.17. The number of likely N-dealkylation sites (tertiary alicyclic amines) is 1. The second-order valence-electron chi connectivity index (χ2n) is 4.92. The number of nitrogens with zero attached hydrogens (tertiary/aromatic N) is 1. The van der Waals surface area contributed by atoms with Crippen molar-refractivity contribution in [3.63, 3.8) is 0 Å². The van der Waals surface area contributed by atoms with Gasteiger partial charge in [-0.05, 0) is 45.9 Å². The van der Waals surface area contributed by atoms with Gasteiger partial charge in [0.15, 0.2) is 0 Å². The molecule has 0 aliphatic carbocycles. The van der Waals surface area contributed by atoms with Crippen LogP contribution in [0.1, 0.15) is 11.3 Å². The Kier molecular flexibility index (Phi) is 4.21. The second kappa shape index (κ2) is 6.07. The van der Waals surface area contributed by atoms with Crippen molar-refractivity contribution in [3.05, 3.63) is 51.1 Å². The van der Waals surface area contributed by atoms with E-state index in [9.17, 15) is 0 Å². The van der Waals surface area contributed by atoms with E-state index in [-0.39, 0.29) is 0 Å². The van der Waals surface area contributed by atoms with Crippen LogP contribution in [0.4, 0.5) is 5.69 Å². The molecule has 1 fully saturated rings. The Hall–Kier alpha value is -0.840. The second-order valence-corrected chi connectivity index (χ2v) is 6.78. The molecule has 19 heavy (non-hydrogen) atoms. The number of halogens is 1. The van der Waals surface area contributed by atoms with Crippen molar-refractivity contribution in [2.24, 2.45) is 0 Å². The minimum Gasteiger partial charge on any atom is -0.381 e. The van der Waals surface area contributed by atoms with Crippen molar-refractivity contribution in [1.29, 1.82) is 0 Å². The van der Waals surface area contributed by atoms with E-state index >= 15 is 0 Å². The first-order chi connectivity index (χ1) is 9.31. The molecule has 1 unspecified atom stereocenters. The van der Waals surface area contributed by atoms with Crippen LogP contribution < -0.4 is 5.32 Å². The van der Waals surface area contributed by atoms with Gasteiger partial charge >= 0.3 is 0 Å². The maximum atomic E-state index is 3.62. The molecule has 2 heterocycles. The molecule has 1 N–H and O–H groups in total. The molecule has 1 aromatic heterocycles. The topological polar surface area (TPSA) is 15.3 Å². The van der Waals surface area contributed by atoms with Crippen LogP contribution in [0.5, 0.6) is 0 Å². The largest absolute Gasteiger partial charge is 0.381 e. The van der Waals surface area contributed by atoms with Gasteiger partial charge in [-0.25, -0.2) is 0 Å². The van der Waals surface area contributed by atoms with Gasteiger partial charge in [0.1, 0.15) is 0 Å². The van der Waals surface area contributed by atoms with Gasteiger partial charge in [0, 0.05) is 40.7 Å². The van der Waals surface area contributed by atoms with Gasteiger partial charge in [-0.3, -0.25) is 4.90 Å². The first-order valence-electron chi connectivity index (χ1n) is 6.57. The molecule has 2 nitrogen and oxygen atoms in total. The summed E-state index contributed by atoms with van der Waals surface area (Å²) < 4.78 is 1.25. The summed E-state index contributed by atoms with van der Waals surface area (Å²) in [6.07, 6.45) is 1.22. The minimum absolute atomic E-state index is 0.570. The molecule has 0 bridgehead atoms. The zero-order valence-corrected chi connectivity index (χ0v) is 13.1. The smallest absolute Gasteiger partial charge is 0.0400 e. The lowest BCUT2D eigenvalue weighted by atomic mass is 10.2. The molecule has 0 radical (unpaired) electrons. The van der Waals surface area contributed by atoms with Crippen LogP contribution in [-0.4, -0.2) is 24.0 Å². The third-order valence-electron chi connectivity index (χ3n) is 3.48. The molecule has 1 atom stereocenters. The van der Waals surface area contributed by atoms with Crippen LogP contribution in [0.15, 0.2) is 46.3 Å². The molecule has 1 saturated heterocycles. The lowest BCUT2D eigenvalue weighted by molar-refractivity contribution is 0.331. The molecule has 3 rings (SSSR count). The fourth-order valence-corrected chi connectivity index (χ4v) is 4.02. The van der Waals surface area contributed by atoms with Crippen LogP contribution >= 0.6 is 27.3 Å². The molecule has 1 aromatic carbocycles. The minimum atomic E-state index is 0.570. The van der Waals surface area contributed by atoms with Gasteiger partial charge in [-0.15, -0.1) is 11.3 Å². The predicted octanol–water partition coefficient (Wildman–Crippen LogP) is 4.20. The number of rotatable bonds is 4. The van der Waals surface area contributed by atoms with E-state index in [1.165, 1.54) is 28.0 Å². The van der Waals surface area contributed by atoms with Gasteiger partial charge in [-0.2, -0.15) is 0 Å². The zero-order valence-electron chi connectivity index (χ0n) is 10.7. The Morgan fingerprint density at radius 2 is 2.11 bits per heavy atom. The quantitative estimate of drug-likeness (QED) is 0.900. The van der Waals surface area contributed by atoms with E-state index in [1.54, 1.807) is 0 Å². The molecule has 1 aliphatic heterocycles. The normalized spacial score (nSPS) is 19.7. The number of nitrogens with one attached hydrogen (secondary N) is 1. The molecule has 0 amide bonds. The number of benzene rings is 1. The number of thiophene rings is 1. The van der Waals surface area contributed by atoms with Crippen molar-refractivity contribution in [2.45, 2.75) is 19.0 Å². The SMILES string of the molecule is Brc1ccsc1CN1CCC(Nc2ccccc2)C1. The highest BCUT2D eigenvalue weighted by molar-refractivity contribution is 9.10. The Morgan fingerprint density at radius 1 is 1.26 bits per heavy atom. The Labute approximate surface area is 126 Å². The molecule has 2 aromatic rings. The Bertz CT molecular complexity index is 526. The highest BCUT2D eigenvalue weighted by atomic mass is 79.9. The highest BCUT2D eigenvalue weighted by Gasteiger charge is 2.22. The van der Waals surface area contributed by atoms with E-state index in [0.717, 1.165) is 13.1 Å². The van der Waals surface area contributed by atoms with Crippen LogP contribution in [0.25, 0.3) is 0 Å². The van der Waals surface area contributed by atoms with Gasteiger partial charge in [0.05, 0.1) is 0 Å². The van der Waals surface area contributed by atoms with Crippen molar-refractivity contribution in [3.8, 4) is 0 Å². The maximum absolute atomic E-state index is 3.62. The summed E-state index contributed by atoms with van der Waals surface area (Å²) in [7, 11) is 0.